The second-order valence-corrected chi connectivity index (χ2v) is 16.8. The number of ether oxygens (including phenoxy) is 1. The summed E-state index contributed by atoms with van der Waals surface area (Å²) in [7, 11) is -13.5. The number of azo groups is 2. The van der Waals surface area contributed by atoms with E-state index in [1.54, 1.807) is 25.1 Å². The molecule has 19 nitrogen and oxygen atoms in total. The summed E-state index contributed by atoms with van der Waals surface area (Å²) in [4.78, 5) is 8.12. The Labute approximate surface area is 341 Å². The number of nitro benzene ring substituents is 1. The van der Waals surface area contributed by atoms with Crippen LogP contribution in [0.1, 0.15) is 16.7 Å². The van der Waals surface area contributed by atoms with E-state index in [9.17, 15) is 54.1 Å². The van der Waals surface area contributed by atoms with Crippen LogP contribution in [0.15, 0.2) is 138 Å². The van der Waals surface area contributed by atoms with E-state index in [0.717, 1.165) is 42.1 Å². The molecular formula is C38H30N6O13S3. The topological polar surface area (TPSA) is 297 Å². The van der Waals surface area contributed by atoms with E-state index in [2.05, 4.69) is 25.8 Å². The summed E-state index contributed by atoms with van der Waals surface area (Å²) in [5.41, 5.74) is 0.217. The molecule has 6 rings (SSSR count). The summed E-state index contributed by atoms with van der Waals surface area (Å²) in [6.45, 7) is 1.56. The zero-order valence-electron chi connectivity index (χ0n) is 30.9. The first-order valence-corrected chi connectivity index (χ1v) is 21.2. The zero-order chi connectivity index (χ0) is 43.6. The van der Waals surface area contributed by atoms with E-state index in [0.29, 0.717) is 28.1 Å². The normalized spacial score (nSPS) is 12.5. The maximum absolute atomic E-state index is 12.6. The molecule has 60 heavy (non-hydrogen) atoms. The molecule has 0 radical (unpaired) electrons. The number of phenols is 1. The van der Waals surface area contributed by atoms with Crippen LogP contribution in [0.3, 0.4) is 0 Å². The zero-order valence-corrected chi connectivity index (χ0v) is 33.3. The highest BCUT2D eigenvalue weighted by Gasteiger charge is 2.24. The number of hydrogen-bond donors (Lipinski definition) is 5. The SMILES string of the molecule is COc1c(N=Nc2cc(C)c(N=Nc3ccc(C=Cc4ccc([N+](=O)[O-])cc4S(=O)(=O)O)c(S(=O)(=O)O)c3)cc2O)c(S(=O)(=O)O)cc2cc(Nc3ccccc3)ccc12. The number of non-ortho nitro benzene ring substituents is 1. The van der Waals surface area contributed by atoms with Gasteiger partial charge in [-0.15, -0.1) is 10.2 Å². The fourth-order valence-corrected chi connectivity index (χ4v) is 7.86. The van der Waals surface area contributed by atoms with Crippen LogP contribution in [0.4, 0.5) is 39.8 Å². The average Bonchev–Trinajstić information content (AvgIpc) is 3.18. The molecule has 5 N–H and O–H groups in total. The third kappa shape index (κ3) is 9.66. The van der Waals surface area contributed by atoms with E-state index < -0.39 is 61.4 Å². The van der Waals surface area contributed by atoms with Crippen molar-refractivity contribution in [1.29, 1.82) is 0 Å². The molecule has 0 heterocycles. The number of hydrogen-bond acceptors (Lipinski definition) is 15. The number of benzene rings is 6. The van der Waals surface area contributed by atoms with E-state index in [-0.39, 0.29) is 39.6 Å². The first kappa shape index (κ1) is 42.7. The third-order valence-corrected chi connectivity index (χ3v) is 11.3. The highest BCUT2D eigenvalue weighted by molar-refractivity contribution is 7.86. The number of aromatic hydroxyl groups is 1. The minimum atomic E-state index is -4.94. The molecule has 0 saturated heterocycles. The summed E-state index contributed by atoms with van der Waals surface area (Å²) in [6, 6.07) is 24.0. The molecule has 0 aliphatic heterocycles. The summed E-state index contributed by atoms with van der Waals surface area (Å²) < 4.78 is 109. The van der Waals surface area contributed by atoms with Crippen LogP contribution in [-0.2, 0) is 30.4 Å². The monoisotopic (exact) mass is 874 g/mol. The quantitative estimate of drug-likeness (QED) is 0.0237. The largest absolute Gasteiger partial charge is 0.506 e. The minimum Gasteiger partial charge on any atom is -0.506 e. The van der Waals surface area contributed by atoms with Crippen LogP contribution in [0.5, 0.6) is 11.5 Å². The Kier molecular flexibility index (Phi) is 11.9. The second-order valence-electron chi connectivity index (χ2n) is 12.7. The number of aryl methyl sites for hydroxylation is 1. The first-order chi connectivity index (χ1) is 28.2. The third-order valence-electron chi connectivity index (χ3n) is 8.60. The lowest BCUT2D eigenvalue weighted by Crippen LogP contribution is -2.02. The van der Waals surface area contributed by atoms with Crippen LogP contribution in [0.25, 0.3) is 22.9 Å². The summed E-state index contributed by atoms with van der Waals surface area (Å²) >= 11 is 0. The fourth-order valence-electron chi connectivity index (χ4n) is 5.80. The van der Waals surface area contributed by atoms with Gasteiger partial charge < -0.3 is 15.2 Å². The maximum atomic E-state index is 12.6. The van der Waals surface area contributed by atoms with Gasteiger partial charge >= 0.3 is 0 Å². The first-order valence-electron chi connectivity index (χ1n) is 16.9. The van der Waals surface area contributed by atoms with Gasteiger partial charge in [0.05, 0.1) is 23.4 Å². The van der Waals surface area contributed by atoms with Crippen LogP contribution in [0.2, 0.25) is 0 Å². The molecule has 0 aromatic heterocycles. The van der Waals surface area contributed by atoms with Crippen LogP contribution in [-0.4, -0.2) is 56.1 Å². The number of methoxy groups -OCH3 is 1. The maximum Gasteiger partial charge on any atom is 0.296 e. The van der Waals surface area contributed by atoms with Crippen molar-refractivity contribution in [2.45, 2.75) is 21.6 Å². The molecule has 308 valence electrons. The molecule has 0 amide bonds. The molecule has 0 atom stereocenters. The lowest BCUT2D eigenvalue weighted by Gasteiger charge is -2.14. The average molecular weight is 875 g/mol. The van der Waals surface area contributed by atoms with Gasteiger partial charge in [0, 0.05) is 35.0 Å². The van der Waals surface area contributed by atoms with Crippen LogP contribution < -0.4 is 10.1 Å². The standard InChI is InChI=1S/C38H30N6O13S3/c1-22-16-32(42-43-37-36(60(54,55)56)18-25-17-27(13-15-30(25)38(37)57-2)39-26-6-4-3-5-7-26)33(45)21-31(22)41-40-28-12-10-23(34(19-28)58(48,49)50)8-9-24-11-14-29(44(46)47)20-35(24)59(51,52)53/h3-21,39,45H,1-2H3,(H,48,49,50)(H,51,52,53)(H,54,55,56). The molecule has 0 saturated carbocycles. The van der Waals surface area contributed by atoms with E-state index in [1.807, 2.05) is 30.3 Å². The number of anilines is 2. The molecule has 22 heteroatoms. The Balaban J connectivity index is 1.30. The molecular weight excluding hydrogens is 845 g/mol. The van der Waals surface area contributed by atoms with Crippen molar-refractivity contribution in [1.82, 2.24) is 0 Å². The number of para-hydroxylation sites is 1. The van der Waals surface area contributed by atoms with Gasteiger partial charge in [-0.3, -0.25) is 23.8 Å². The van der Waals surface area contributed by atoms with Gasteiger partial charge in [0.25, 0.3) is 36.0 Å². The lowest BCUT2D eigenvalue weighted by atomic mass is 10.1. The fraction of sp³-hybridized carbons (Fsp3) is 0.0526. The number of rotatable bonds is 13. The van der Waals surface area contributed by atoms with E-state index in [1.165, 1.54) is 31.4 Å². The van der Waals surface area contributed by atoms with Crippen molar-refractivity contribution >= 4 is 93.1 Å². The Morgan fingerprint density at radius 2 is 1.28 bits per heavy atom. The van der Waals surface area contributed by atoms with Crippen molar-refractivity contribution in [2.75, 3.05) is 12.4 Å². The van der Waals surface area contributed by atoms with Gasteiger partial charge in [0.1, 0.15) is 31.8 Å². The summed E-state index contributed by atoms with van der Waals surface area (Å²) in [6.07, 6.45) is 2.14. The molecule has 6 aromatic rings. The summed E-state index contributed by atoms with van der Waals surface area (Å²) in [5.74, 6) is -0.519. The molecule has 0 aliphatic rings. The Hall–Kier alpha value is -6.95. The Bertz CT molecular complexity index is 3140. The van der Waals surface area contributed by atoms with E-state index in [4.69, 9.17) is 4.74 Å². The van der Waals surface area contributed by atoms with Gasteiger partial charge in [-0.2, -0.15) is 35.5 Å². The predicted molar refractivity (Wildman–Crippen MR) is 219 cm³/mol. The number of fused-ring (bicyclic) bond motifs is 1. The number of nitro groups is 1. The predicted octanol–water partition coefficient (Wildman–Crippen LogP) is 9.26. The van der Waals surface area contributed by atoms with Crippen molar-refractivity contribution in [2.24, 2.45) is 20.5 Å². The molecule has 6 aromatic carbocycles. The van der Waals surface area contributed by atoms with Crippen LogP contribution in [0, 0.1) is 17.0 Å². The van der Waals surface area contributed by atoms with Gasteiger partial charge in [-0.05, 0) is 89.7 Å². The van der Waals surface area contributed by atoms with Gasteiger partial charge in [-0.1, -0.05) is 36.4 Å². The molecule has 0 fully saturated rings. The number of nitrogens with zero attached hydrogens (tertiary/aromatic N) is 5. The Morgan fingerprint density at radius 3 is 1.90 bits per heavy atom. The smallest absolute Gasteiger partial charge is 0.296 e. The van der Waals surface area contributed by atoms with Gasteiger partial charge in [0.2, 0.25) is 0 Å². The van der Waals surface area contributed by atoms with Crippen molar-refractivity contribution in [3.8, 4) is 11.5 Å². The highest BCUT2D eigenvalue weighted by atomic mass is 32.2. The van der Waals surface area contributed by atoms with Gasteiger partial charge in [0.15, 0.2) is 5.75 Å². The number of phenolic OH excluding ortho intramolecular Hbond substituents is 1. The lowest BCUT2D eigenvalue weighted by molar-refractivity contribution is -0.385. The molecule has 0 spiro atoms. The van der Waals surface area contributed by atoms with E-state index >= 15 is 0 Å². The molecule has 0 unspecified atom stereocenters. The minimum absolute atomic E-state index is 0.0308. The van der Waals surface area contributed by atoms with Crippen LogP contribution >= 0.6 is 0 Å². The molecule has 0 bridgehead atoms. The number of nitrogens with one attached hydrogen (secondary N) is 1. The van der Waals surface area contributed by atoms with Crippen molar-refractivity contribution in [3.63, 3.8) is 0 Å². The molecule has 0 aliphatic carbocycles. The summed E-state index contributed by atoms with van der Waals surface area (Å²) in [5, 5.41) is 42.1. The van der Waals surface area contributed by atoms with Crippen molar-refractivity contribution < 1.29 is 53.7 Å². The Morgan fingerprint density at radius 1 is 0.667 bits per heavy atom. The van der Waals surface area contributed by atoms with Gasteiger partial charge in [-0.25, -0.2) is 0 Å². The second kappa shape index (κ2) is 16.7. The van der Waals surface area contributed by atoms with Crippen molar-refractivity contribution in [3.05, 3.63) is 130 Å². The highest BCUT2D eigenvalue weighted by Crippen LogP contribution is 2.44.